The van der Waals surface area contributed by atoms with Gasteiger partial charge >= 0.3 is 0 Å². The summed E-state index contributed by atoms with van der Waals surface area (Å²) in [6.45, 7) is 5.60. The summed E-state index contributed by atoms with van der Waals surface area (Å²) in [4.78, 5) is 12.5. The van der Waals surface area contributed by atoms with Crippen molar-refractivity contribution in [3.63, 3.8) is 0 Å². The molecule has 1 aliphatic rings. The largest absolute Gasteiger partial charge is 0.349 e. The van der Waals surface area contributed by atoms with Gasteiger partial charge in [-0.1, -0.05) is 26.2 Å². The third-order valence-electron chi connectivity index (χ3n) is 5.00. The van der Waals surface area contributed by atoms with Crippen molar-refractivity contribution in [3.8, 4) is 0 Å². The maximum Gasteiger partial charge on any atom is 0.275 e. The Hall–Kier alpha value is -1.58. The second-order valence-corrected chi connectivity index (χ2v) is 9.28. The summed E-state index contributed by atoms with van der Waals surface area (Å²) in [5, 5.41) is 2.98. The van der Waals surface area contributed by atoms with Crippen molar-refractivity contribution in [2.24, 2.45) is 0 Å². The summed E-state index contributed by atoms with van der Waals surface area (Å²) in [6.07, 6.45) is 4.31. The highest BCUT2D eigenvalue weighted by molar-refractivity contribution is 7.89. The zero-order valence-electron chi connectivity index (χ0n) is 16.5. The predicted molar refractivity (Wildman–Crippen MR) is 102 cm³/mol. The Balaban J connectivity index is 1.85. The molecule has 28 heavy (non-hydrogen) atoms. The number of unbranched alkanes of at least 4 members (excludes halogenated alkanes) is 2. The molecule has 0 bridgehead atoms. The van der Waals surface area contributed by atoms with Crippen LogP contribution in [0.2, 0.25) is 0 Å². The molecule has 1 fully saturated rings. The highest BCUT2D eigenvalue weighted by atomic mass is 32.2. The van der Waals surface area contributed by atoms with Crippen molar-refractivity contribution in [2.45, 2.75) is 50.5 Å². The van der Waals surface area contributed by atoms with E-state index in [4.69, 9.17) is 0 Å². The first-order chi connectivity index (χ1) is 13.2. The summed E-state index contributed by atoms with van der Waals surface area (Å²) < 4.78 is 53.6. The van der Waals surface area contributed by atoms with Crippen molar-refractivity contribution >= 4 is 15.9 Å². The molecular weight excluding hydrogens is 388 g/mol. The van der Waals surface area contributed by atoms with E-state index >= 15 is 0 Å². The molecule has 1 aromatic carbocycles. The van der Waals surface area contributed by atoms with Crippen molar-refractivity contribution in [3.05, 3.63) is 29.8 Å². The Kier molecular flexibility index (Phi) is 8.33. The Morgan fingerprint density at radius 3 is 2.57 bits per heavy atom. The van der Waals surface area contributed by atoms with Gasteiger partial charge in [0.15, 0.2) is 6.54 Å². The average molecular weight is 419 g/mol. The molecule has 0 saturated carbocycles. The van der Waals surface area contributed by atoms with Gasteiger partial charge < -0.3 is 10.2 Å². The predicted octanol–water partition coefficient (Wildman–Crippen LogP) is 0.939. The van der Waals surface area contributed by atoms with Gasteiger partial charge in [0.2, 0.25) is 10.0 Å². The number of benzene rings is 1. The van der Waals surface area contributed by atoms with Crippen LogP contribution in [0.25, 0.3) is 0 Å². The Bertz CT molecular complexity index is 766. The lowest BCUT2D eigenvalue weighted by molar-refractivity contribution is -0.895. The van der Waals surface area contributed by atoms with Gasteiger partial charge in [0, 0.05) is 6.04 Å². The van der Waals surface area contributed by atoms with E-state index in [-0.39, 0.29) is 31.6 Å². The number of carbonyl (C=O) groups excluding carboxylic acids is 1. The normalized spacial score (nSPS) is 17.4. The van der Waals surface area contributed by atoms with E-state index in [9.17, 15) is 22.0 Å². The van der Waals surface area contributed by atoms with Crippen LogP contribution in [-0.4, -0.2) is 57.4 Å². The first-order valence-corrected chi connectivity index (χ1v) is 11.3. The van der Waals surface area contributed by atoms with E-state index in [1.165, 1.54) is 0 Å². The molecule has 1 aromatic rings. The molecule has 158 valence electrons. The number of nitrogens with one attached hydrogen (secondary N) is 2. The summed E-state index contributed by atoms with van der Waals surface area (Å²) in [5.74, 6) is -1.81. The summed E-state index contributed by atoms with van der Waals surface area (Å²) in [7, 11) is -4.09. The Morgan fingerprint density at radius 1 is 1.25 bits per heavy atom. The van der Waals surface area contributed by atoms with E-state index in [1.807, 2.05) is 6.92 Å². The van der Waals surface area contributed by atoms with Crippen LogP contribution in [0.1, 0.15) is 39.5 Å². The van der Waals surface area contributed by atoms with Crippen molar-refractivity contribution in [2.75, 3.05) is 32.7 Å². The van der Waals surface area contributed by atoms with E-state index in [1.54, 1.807) is 0 Å². The van der Waals surface area contributed by atoms with Gasteiger partial charge in [0.05, 0.1) is 26.2 Å². The van der Waals surface area contributed by atoms with Crippen LogP contribution in [0.5, 0.6) is 0 Å². The third kappa shape index (κ3) is 6.22. The molecule has 6 nitrogen and oxygen atoms in total. The second kappa shape index (κ2) is 10.3. The van der Waals surface area contributed by atoms with Crippen LogP contribution in [0.15, 0.2) is 23.1 Å². The molecule has 1 heterocycles. The van der Waals surface area contributed by atoms with E-state index in [2.05, 4.69) is 12.2 Å². The van der Waals surface area contributed by atoms with Crippen molar-refractivity contribution in [1.82, 2.24) is 9.62 Å². The van der Waals surface area contributed by atoms with E-state index in [0.29, 0.717) is 19.2 Å². The molecular formula is C19H30F2N3O3S+. The topological polar surface area (TPSA) is 70.9 Å². The monoisotopic (exact) mass is 418 g/mol. The van der Waals surface area contributed by atoms with Gasteiger partial charge in [0.1, 0.15) is 16.5 Å². The molecule has 1 atom stereocenters. The van der Waals surface area contributed by atoms with Gasteiger partial charge in [-0.2, -0.15) is 4.31 Å². The lowest BCUT2D eigenvalue weighted by atomic mass is 10.1. The minimum atomic E-state index is -4.09. The maximum atomic E-state index is 13.9. The van der Waals surface area contributed by atoms with E-state index < -0.39 is 26.6 Å². The molecule has 0 aromatic heterocycles. The zero-order valence-corrected chi connectivity index (χ0v) is 17.3. The van der Waals surface area contributed by atoms with Crippen LogP contribution in [0.3, 0.4) is 0 Å². The number of quaternary nitrogens is 1. The number of sulfonamides is 1. The van der Waals surface area contributed by atoms with Gasteiger partial charge in [-0.3, -0.25) is 4.79 Å². The smallest absolute Gasteiger partial charge is 0.275 e. The number of hydrogen-bond donors (Lipinski definition) is 2. The van der Waals surface area contributed by atoms with Gasteiger partial charge in [-0.25, -0.2) is 17.2 Å². The maximum absolute atomic E-state index is 13.9. The zero-order chi connectivity index (χ0) is 20.7. The number of amides is 1. The number of rotatable bonds is 9. The van der Waals surface area contributed by atoms with E-state index in [0.717, 1.165) is 47.0 Å². The highest BCUT2D eigenvalue weighted by Crippen LogP contribution is 2.20. The summed E-state index contributed by atoms with van der Waals surface area (Å²) in [6, 6.07) is 2.53. The molecule has 1 aliphatic heterocycles. The van der Waals surface area contributed by atoms with Crippen LogP contribution in [0.4, 0.5) is 8.78 Å². The average Bonchev–Trinajstić information content (AvgIpc) is 2.64. The molecule has 2 N–H and O–H groups in total. The highest BCUT2D eigenvalue weighted by Gasteiger charge is 2.33. The molecule has 1 amide bonds. The molecule has 0 radical (unpaired) electrons. The Morgan fingerprint density at radius 2 is 1.93 bits per heavy atom. The number of nitrogens with zero attached hydrogens (tertiary/aromatic N) is 1. The molecule has 9 heteroatoms. The quantitative estimate of drug-likeness (QED) is 0.587. The van der Waals surface area contributed by atoms with Crippen molar-refractivity contribution in [1.29, 1.82) is 0 Å². The lowest BCUT2D eigenvalue weighted by Gasteiger charge is -2.31. The minimum absolute atomic E-state index is 0.0496. The molecule has 2 rings (SSSR count). The van der Waals surface area contributed by atoms with Gasteiger partial charge in [0.25, 0.3) is 5.91 Å². The third-order valence-corrected chi connectivity index (χ3v) is 6.91. The molecule has 0 spiro atoms. The molecule has 0 unspecified atom stereocenters. The fraction of sp³-hybridized carbons (Fsp3) is 0.632. The van der Waals surface area contributed by atoms with Crippen LogP contribution in [0, 0.1) is 11.6 Å². The first kappa shape index (κ1) is 22.7. The van der Waals surface area contributed by atoms with Gasteiger partial charge in [-0.05, 0) is 31.5 Å². The first-order valence-electron chi connectivity index (χ1n) is 9.82. The number of hydrogen-bond acceptors (Lipinski definition) is 3. The summed E-state index contributed by atoms with van der Waals surface area (Å²) in [5.41, 5.74) is 0. The standard InChI is InChI=1S/C19H29F2N3O3S/c1-3-4-5-6-15(2)22-19(25)14-23-9-11-24(12-10-23)28(26,27)18-13-16(20)7-8-17(18)21/h7-8,13,15H,3-6,9-12,14H2,1-2H3,(H,22,25)/p+1/t15-/m1/s1. The van der Waals surface area contributed by atoms with Crippen LogP contribution < -0.4 is 10.2 Å². The SMILES string of the molecule is CCCCC[C@@H](C)NC(=O)C[NH+]1CCN(S(=O)(=O)c2cc(F)ccc2F)CC1. The minimum Gasteiger partial charge on any atom is -0.349 e. The number of carbonyl (C=O) groups is 1. The summed E-state index contributed by atoms with van der Waals surface area (Å²) >= 11 is 0. The van der Waals surface area contributed by atoms with Crippen LogP contribution in [-0.2, 0) is 14.8 Å². The number of piperazine rings is 1. The molecule has 1 saturated heterocycles. The fourth-order valence-corrected chi connectivity index (χ4v) is 4.88. The van der Waals surface area contributed by atoms with Gasteiger partial charge in [-0.15, -0.1) is 0 Å². The second-order valence-electron chi connectivity index (χ2n) is 7.37. The molecule has 0 aliphatic carbocycles. The Labute approximate surface area is 165 Å². The number of halogens is 2. The lowest BCUT2D eigenvalue weighted by Crippen LogP contribution is -3.15. The van der Waals surface area contributed by atoms with Crippen LogP contribution >= 0.6 is 0 Å². The van der Waals surface area contributed by atoms with Crippen molar-refractivity contribution < 1.29 is 26.9 Å². The fourth-order valence-electron chi connectivity index (χ4n) is 3.36.